The number of furan rings is 1. The molecule has 0 aliphatic carbocycles. The van der Waals surface area contributed by atoms with Gasteiger partial charge in [0.2, 0.25) is 0 Å². The summed E-state index contributed by atoms with van der Waals surface area (Å²) < 4.78 is 5.18. The van der Waals surface area contributed by atoms with Crippen molar-refractivity contribution in [1.82, 2.24) is 0 Å². The zero-order valence-corrected chi connectivity index (χ0v) is 6.09. The highest BCUT2D eigenvalue weighted by atomic mass is 17.2. The summed E-state index contributed by atoms with van der Waals surface area (Å²) >= 11 is 0. The first-order valence-electron chi connectivity index (χ1n) is 3.04. The molecule has 0 atom stereocenters. The quantitative estimate of drug-likeness (QED) is 0.475. The van der Waals surface area contributed by atoms with Crippen molar-refractivity contribution in [3.8, 4) is 0 Å². The van der Waals surface area contributed by atoms with Crippen LogP contribution in [0.5, 0.6) is 0 Å². The van der Waals surface area contributed by atoms with E-state index in [1.54, 1.807) is 0 Å². The topological polar surface area (TPSA) is 31.6 Å². The zero-order valence-electron chi connectivity index (χ0n) is 6.09. The first-order chi connectivity index (χ1) is 4.83. The van der Waals surface area contributed by atoms with Gasteiger partial charge in [-0.05, 0) is 19.1 Å². The van der Waals surface area contributed by atoms with Gasteiger partial charge in [0.1, 0.15) is 18.1 Å². The standard InChI is InChI=1S/C7H10O3/c1-6-3-4-7(10-6)5-9-8-2/h3-4H,5H2,1-2H3. The Morgan fingerprint density at radius 1 is 1.50 bits per heavy atom. The van der Waals surface area contributed by atoms with E-state index in [1.165, 1.54) is 7.11 Å². The van der Waals surface area contributed by atoms with Crippen molar-refractivity contribution in [2.75, 3.05) is 7.11 Å². The van der Waals surface area contributed by atoms with E-state index in [2.05, 4.69) is 9.78 Å². The van der Waals surface area contributed by atoms with E-state index < -0.39 is 0 Å². The molecule has 1 aromatic heterocycles. The third-order valence-electron chi connectivity index (χ3n) is 1.12. The summed E-state index contributed by atoms with van der Waals surface area (Å²) in [6.45, 7) is 2.25. The van der Waals surface area contributed by atoms with E-state index in [9.17, 15) is 0 Å². The fraction of sp³-hybridized carbons (Fsp3) is 0.429. The largest absolute Gasteiger partial charge is 0.464 e. The molecule has 56 valence electrons. The summed E-state index contributed by atoms with van der Waals surface area (Å²) in [7, 11) is 1.47. The van der Waals surface area contributed by atoms with Gasteiger partial charge in [-0.3, -0.25) is 0 Å². The molecule has 0 N–H and O–H groups in total. The molecule has 0 unspecified atom stereocenters. The fourth-order valence-corrected chi connectivity index (χ4v) is 0.680. The predicted molar refractivity (Wildman–Crippen MR) is 35.2 cm³/mol. The molecule has 0 bridgehead atoms. The van der Waals surface area contributed by atoms with Crippen LogP contribution in [0.1, 0.15) is 11.5 Å². The Hall–Kier alpha value is -0.800. The summed E-state index contributed by atoms with van der Waals surface area (Å²) in [4.78, 5) is 9.03. The van der Waals surface area contributed by atoms with Gasteiger partial charge < -0.3 is 4.42 Å². The van der Waals surface area contributed by atoms with Gasteiger partial charge in [0.25, 0.3) is 0 Å². The lowest BCUT2D eigenvalue weighted by molar-refractivity contribution is -0.284. The maximum absolute atomic E-state index is 5.18. The van der Waals surface area contributed by atoms with Gasteiger partial charge in [0.05, 0.1) is 7.11 Å². The van der Waals surface area contributed by atoms with E-state index in [-0.39, 0.29) is 0 Å². The van der Waals surface area contributed by atoms with Gasteiger partial charge >= 0.3 is 0 Å². The van der Waals surface area contributed by atoms with Crippen LogP contribution in [0.3, 0.4) is 0 Å². The summed E-state index contributed by atoms with van der Waals surface area (Å²) in [6, 6.07) is 3.74. The Kier molecular flexibility index (Phi) is 2.48. The van der Waals surface area contributed by atoms with Gasteiger partial charge in [-0.2, -0.15) is 0 Å². The van der Waals surface area contributed by atoms with E-state index >= 15 is 0 Å². The predicted octanol–water partition coefficient (Wildman–Crippen LogP) is 1.67. The molecular weight excluding hydrogens is 132 g/mol. The summed E-state index contributed by atoms with van der Waals surface area (Å²) in [6.07, 6.45) is 0. The van der Waals surface area contributed by atoms with Crippen molar-refractivity contribution < 1.29 is 14.2 Å². The number of hydrogen-bond acceptors (Lipinski definition) is 3. The Labute approximate surface area is 59.5 Å². The normalized spacial score (nSPS) is 10.2. The maximum atomic E-state index is 5.18. The average Bonchev–Trinajstić information content (AvgIpc) is 2.31. The van der Waals surface area contributed by atoms with Crippen LogP contribution in [0, 0.1) is 6.92 Å². The minimum Gasteiger partial charge on any atom is -0.464 e. The van der Waals surface area contributed by atoms with Crippen LogP contribution < -0.4 is 0 Å². The summed E-state index contributed by atoms with van der Waals surface area (Å²) in [5.41, 5.74) is 0. The van der Waals surface area contributed by atoms with Gasteiger partial charge in [-0.25, -0.2) is 9.78 Å². The zero-order chi connectivity index (χ0) is 7.40. The smallest absolute Gasteiger partial charge is 0.140 e. The molecule has 1 heterocycles. The van der Waals surface area contributed by atoms with Crippen molar-refractivity contribution in [3.63, 3.8) is 0 Å². The Balaban J connectivity index is 2.42. The molecule has 3 heteroatoms. The second-order valence-electron chi connectivity index (χ2n) is 1.94. The van der Waals surface area contributed by atoms with Crippen molar-refractivity contribution in [2.45, 2.75) is 13.5 Å². The highest BCUT2D eigenvalue weighted by molar-refractivity contribution is 5.04. The molecular formula is C7H10O3. The van der Waals surface area contributed by atoms with E-state index in [4.69, 9.17) is 4.42 Å². The van der Waals surface area contributed by atoms with Gasteiger partial charge in [0, 0.05) is 0 Å². The second-order valence-corrected chi connectivity index (χ2v) is 1.94. The molecule has 0 amide bonds. The third kappa shape index (κ3) is 1.86. The van der Waals surface area contributed by atoms with Crippen molar-refractivity contribution in [2.24, 2.45) is 0 Å². The minimum absolute atomic E-state index is 0.365. The molecule has 0 aliphatic rings. The van der Waals surface area contributed by atoms with Crippen molar-refractivity contribution >= 4 is 0 Å². The summed E-state index contributed by atoms with van der Waals surface area (Å²) in [5, 5.41) is 0. The average molecular weight is 142 g/mol. The molecule has 0 radical (unpaired) electrons. The molecule has 0 saturated heterocycles. The molecule has 3 nitrogen and oxygen atoms in total. The van der Waals surface area contributed by atoms with Crippen molar-refractivity contribution in [1.29, 1.82) is 0 Å². The molecule has 0 aromatic carbocycles. The van der Waals surface area contributed by atoms with Crippen LogP contribution in [-0.2, 0) is 16.4 Å². The Morgan fingerprint density at radius 2 is 2.30 bits per heavy atom. The lowest BCUT2D eigenvalue weighted by atomic mass is 10.4. The molecule has 0 aliphatic heterocycles. The summed E-state index contributed by atoms with van der Waals surface area (Å²) in [5.74, 6) is 1.66. The van der Waals surface area contributed by atoms with E-state index in [0.29, 0.717) is 6.61 Å². The number of hydrogen-bond donors (Lipinski definition) is 0. The second kappa shape index (κ2) is 3.39. The highest BCUT2D eigenvalue weighted by Crippen LogP contribution is 2.06. The van der Waals surface area contributed by atoms with Crippen LogP contribution >= 0.6 is 0 Å². The fourth-order valence-electron chi connectivity index (χ4n) is 0.680. The Bertz CT molecular complexity index is 192. The van der Waals surface area contributed by atoms with Crippen LogP contribution in [0.2, 0.25) is 0 Å². The lowest BCUT2D eigenvalue weighted by Gasteiger charge is -1.93. The number of rotatable bonds is 3. The van der Waals surface area contributed by atoms with Gasteiger partial charge in [-0.1, -0.05) is 0 Å². The van der Waals surface area contributed by atoms with E-state index in [0.717, 1.165) is 11.5 Å². The monoisotopic (exact) mass is 142 g/mol. The lowest BCUT2D eigenvalue weighted by Crippen LogP contribution is -1.87. The van der Waals surface area contributed by atoms with Crippen LogP contribution in [0.15, 0.2) is 16.5 Å². The maximum Gasteiger partial charge on any atom is 0.140 e. The molecule has 0 saturated carbocycles. The third-order valence-corrected chi connectivity index (χ3v) is 1.12. The highest BCUT2D eigenvalue weighted by Gasteiger charge is 1.96. The SMILES string of the molecule is COOCc1ccc(C)o1. The molecule has 0 fully saturated rings. The molecule has 0 spiro atoms. The number of aryl methyl sites for hydroxylation is 1. The molecule has 1 rings (SSSR count). The first kappa shape index (κ1) is 7.31. The Morgan fingerprint density at radius 3 is 2.80 bits per heavy atom. The first-order valence-corrected chi connectivity index (χ1v) is 3.04. The molecule has 10 heavy (non-hydrogen) atoms. The van der Waals surface area contributed by atoms with Crippen molar-refractivity contribution in [3.05, 3.63) is 23.7 Å². The van der Waals surface area contributed by atoms with Crippen LogP contribution in [-0.4, -0.2) is 7.11 Å². The minimum atomic E-state index is 0.365. The van der Waals surface area contributed by atoms with Gasteiger partial charge in [-0.15, -0.1) is 0 Å². The van der Waals surface area contributed by atoms with Crippen LogP contribution in [0.25, 0.3) is 0 Å². The van der Waals surface area contributed by atoms with Crippen LogP contribution in [0.4, 0.5) is 0 Å². The molecule has 1 aromatic rings. The van der Waals surface area contributed by atoms with E-state index in [1.807, 2.05) is 19.1 Å². The van der Waals surface area contributed by atoms with Gasteiger partial charge in [0.15, 0.2) is 0 Å².